The highest BCUT2D eigenvalue weighted by Gasteiger charge is 2.22. The molecule has 0 aromatic heterocycles. The fraction of sp³-hybridized carbons (Fsp3) is 0.417. The molecule has 0 amide bonds. The molecule has 0 fully saturated rings. The normalized spacial score (nSPS) is 14.1. The summed E-state index contributed by atoms with van der Waals surface area (Å²) in [5, 5.41) is 30.9. The van der Waals surface area contributed by atoms with Crippen LogP contribution in [0.4, 0.5) is 4.39 Å². The molecule has 0 aliphatic carbocycles. The molecule has 92 valence electrons. The van der Waals surface area contributed by atoms with Crippen molar-refractivity contribution >= 4 is 0 Å². The zero-order chi connectivity index (χ0) is 12.8. The van der Waals surface area contributed by atoms with E-state index >= 15 is 0 Å². The molecule has 0 spiro atoms. The van der Waals surface area contributed by atoms with Crippen molar-refractivity contribution < 1.29 is 14.6 Å². The van der Waals surface area contributed by atoms with E-state index in [9.17, 15) is 14.6 Å². The van der Waals surface area contributed by atoms with E-state index in [2.05, 4.69) is 5.32 Å². The van der Waals surface area contributed by atoms with Gasteiger partial charge in [0.1, 0.15) is 18.0 Å². The van der Waals surface area contributed by atoms with Gasteiger partial charge in [-0.1, -0.05) is 12.1 Å². The van der Waals surface area contributed by atoms with Crippen LogP contribution in [-0.4, -0.2) is 29.9 Å². The predicted octanol–water partition coefficient (Wildman–Crippen LogP) is 0.701. The SMILES string of the molecule is CNCCC(O)C(O)c1cccc(C#N)c1F. The van der Waals surface area contributed by atoms with E-state index in [1.165, 1.54) is 18.2 Å². The molecule has 5 heteroatoms. The summed E-state index contributed by atoms with van der Waals surface area (Å²) < 4.78 is 13.7. The van der Waals surface area contributed by atoms with Crippen molar-refractivity contribution in [1.29, 1.82) is 5.26 Å². The topological polar surface area (TPSA) is 76.3 Å². The smallest absolute Gasteiger partial charge is 0.146 e. The second-order valence-corrected chi connectivity index (χ2v) is 3.72. The molecular weight excluding hydrogens is 223 g/mol. The van der Waals surface area contributed by atoms with Gasteiger partial charge < -0.3 is 15.5 Å². The molecular formula is C12H15FN2O2. The average Bonchev–Trinajstić information content (AvgIpc) is 2.35. The van der Waals surface area contributed by atoms with Crippen LogP contribution in [0.1, 0.15) is 23.7 Å². The third-order valence-electron chi connectivity index (χ3n) is 2.52. The summed E-state index contributed by atoms with van der Waals surface area (Å²) in [5.74, 6) is -0.772. The first kappa shape index (κ1) is 13.6. The maximum absolute atomic E-state index is 13.7. The molecule has 0 heterocycles. The van der Waals surface area contributed by atoms with Gasteiger partial charge >= 0.3 is 0 Å². The first-order valence-corrected chi connectivity index (χ1v) is 5.31. The van der Waals surface area contributed by atoms with Gasteiger partial charge in [0.2, 0.25) is 0 Å². The van der Waals surface area contributed by atoms with Gasteiger partial charge in [-0.2, -0.15) is 5.26 Å². The first-order chi connectivity index (χ1) is 8.11. The summed E-state index contributed by atoms with van der Waals surface area (Å²) in [6.07, 6.45) is -2.09. The van der Waals surface area contributed by atoms with E-state index < -0.39 is 18.0 Å². The summed E-state index contributed by atoms with van der Waals surface area (Å²) in [4.78, 5) is 0. The van der Waals surface area contributed by atoms with Crippen LogP contribution >= 0.6 is 0 Å². The fourth-order valence-electron chi connectivity index (χ4n) is 1.52. The molecule has 4 nitrogen and oxygen atoms in total. The highest BCUT2D eigenvalue weighted by molar-refractivity contribution is 5.36. The van der Waals surface area contributed by atoms with E-state index in [1.807, 2.05) is 0 Å². The summed E-state index contributed by atoms with van der Waals surface area (Å²) in [7, 11) is 1.72. The number of nitrogens with one attached hydrogen (secondary N) is 1. The van der Waals surface area contributed by atoms with Crippen LogP contribution in [0.3, 0.4) is 0 Å². The lowest BCUT2D eigenvalue weighted by atomic mass is 9.99. The molecule has 17 heavy (non-hydrogen) atoms. The van der Waals surface area contributed by atoms with Gasteiger partial charge in [-0.05, 0) is 26.1 Å². The minimum absolute atomic E-state index is 0.0485. The van der Waals surface area contributed by atoms with Gasteiger partial charge in [-0.25, -0.2) is 4.39 Å². The number of hydrogen-bond acceptors (Lipinski definition) is 4. The Labute approximate surface area is 99.3 Å². The maximum Gasteiger partial charge on any atom is 0.146 e. The van der Waals surface area contributed by atoms with Crippen LogP contribution in [0, 0.1) is 17.1 Å². The van der Waals surface area contributed by atoms with Gasteiger partial charge in [-0.15, -0.1) is 0 Å². The Kier molecular flexibility index (Phi) is 5.04. The lowest BCUT2D eigenvalue weighted by Gasteiger charge is -2.18. The van der Waals surface area contributed by atoms with E-state index in [1.54, 1.807) is 13.1 Å². The van der Waals surface area contributed by atoms with Gasteiger partial charge in [0, 0.05) is 5.56 Å². The van der Waals surface area contributed by atoms with Crippen LogP contribution in [-0.2, 0) is 0 Å². The largest absolute Gasteiger partial charge is 0.390 e. The zero-order valence-corrected chi connectivity index (χ0v) is 9.52. The minimum atomic E-state index is -1.32. The maximum atomic E-state index is 13.7. The molecule has 0 aliphatic rings. The quantitative estimate of drug-likeness (QED) is 0.705. The average molecular weight is 238 g/mol. The number of nitriles is 1. The van der Waals surface area contributed by atoms with Crippen molar-refractivity contribution in [3.05, 3.63) is 35.1 Å². The van der Waals surface area contributed by atoms with E-state index in [4.69, 9.17) is 5.26 Å². The molecule has 0 aliphatic heterocycles. The fourth-order valence-corrected chi connectivity index (χ4v) is 1.52. The number of benzene rings is 1. The lowest BCUT2D eigenvalue weighted by Crippen LogP contribution is -2.24. The standard InChI is InChI=1S/C12H15FN2O2/c1-15-6-5-10(16)12(17)9-4-2-3-8(7-14)11(9)13/h2-4,10,12,15-17H,5-6H2,1H3. The summed E-state index contributed by atoms with van der Waals surface area (Å²) in [6.45, 7) is 0.512. The minimum Gasteiger partial charge on any atom is -0.390 e. The molecule has 2 atom stereocenters. The molecule has 0 saturated heterocycles. The Morgan fingerprint density at radius 2 is 2.18 bits per heavy atom. The van der Waals surface area contributed by atoms with Crippen molar-refractivity contribution in [3.8, 4) is 6.07 Å². The highest BCUT2D eigenvalue weighted by atomic mass is 19.1. The second kappa shape index (κ2) is 6.30. The molecule has 1 aromatic carbocycles. The van der Waals surface area contributed by atoms with Crippen molar-refractivity contribution in [2.24, 2.45) is 0 Å². The van der Waals surface area contributed by atoms with E-state index in [0.717, 1.165) is 0 Å². The Bertz CT molecular complexity index is 417. The number of rotatable bonds is 5. The van der Waals surface area contributed by atoms with Crippen LogP contribution in [0.2, 0.25) is 0 Å². The van der Waals surface area contributed by atoms with Crippen LogP contribution in [0.5, 0.6) is 0 Å². The molecule has 0 saturated carbocycles. The third-order valence-corrected chi connectivity index (χ3v) is 2.52. The van der Waals surface area contributed by atoms with E-state index in [-0.39, 0.29) is 11.1 Å². The summed E-state index contributed by atoms with van der Waals surface area (Å²) in [5.41, 5.74) is -0.185. The second-order valence-electron chi connectivity index (χ2n) is 3.72. The Morgan fingerprint density at radius 3 is 2.76 bits per heavy atom. The van der Waals surface area contributed by atoms with Crippen LogP contribution < -0.4 is 5.32 Å². The van der Waals surface area contributed by atoms with Gasteiger partial charge in [0.15, 0.2) is 0 Å². The Hall–Kier alpha value is -1.48. The van der Waals surface area contributed by atoms with Crippen molar-refractivity contribution in [2.75, 3.05) is 13.6 Å². The van der Waals surface area contributed by atoms with E-state index in [0.29, 0.717) is 13.0 Å². The van der Waals surface area contributed by atoms with Crippen molar-refractivity contribution in [3.63, 3.8) is 0 Å². The van der Waals surface area contributed by atoms with Crippen LogP contribution in [0.15, 0.2) is 18.2 Å². The molecule has 2 unspecified atom stereocenters. The molecule has 3 N–H and O–H groups in total. The third kappa shape index (κ3) is 3.24. The Balaban J connectivity index is 2.89. The molecule has 1 aromatic rings. The number of aliphatic hydroxyl groups excluding tert-OH is 2. The predicted molar refractivity (Wildman–Crippen MR) is 60.6 cm³/mol. The number of hydrogen-bond donors (Lipinski definition) is 3. The molecule has 0 bridgehead atoms. The van der Waals surface area contributed by atoms with Crippen LogP contribution in [0.25, 0.3) is 0 Å². The lowest BCUT2D eigenvalue weighted by molar-refractivity contribution is 0.0120. The first-order valence-electron chi connectivity index (χ1n) is 5.31. The van der Waals surface area contributed by atoms with Crippen molar-refractivity contribution in [2.45, 2.75) is 18.6 Å². The monoisotopic (exact) mass is 238 g/mol. The zero-order valence-electron chi connectivity index (χ0n) is 9.52. The van der Waals surface area contributed by atoms with Crippen molar-refractivity contribution in [1.82, 2.24) is 5.32 Å². The Morgan fingerprint density at radius 1 is 1.47 bits per heavy atom. The summed E-state index contributed by atoms with van der Waals surface area (Å²) in [6, 6.07) is 5.86. The number of halogens is 1. The highest BCUT2D eigenvalue weighted by Crippen LogP contribution is 2.23. The van der Waals surface area contributed by atoms with Gasteiger partial charge in [-0.3, -0.25) is 0 Å². The molecule has 0 radical (unpaired) electrons. The molecule has 1 rings (SSSR count). The van der Waals surface area contributed by atoms with Gasteiger partial charge in [0.05, 0.1) is 11.7 Å². The number of nitrogens with zero attached hydrogens (tertiary/aromatic N) is 1. The summed E-state index contributed by atoms with van der Waals surface area (Å²) >= 11 is 0. The number of aliphatic hydroxyl groups is 2. The van der Waals surface area contributed by atoms with Gasteiger partial charge in [0.25, 0.3) is 0 Å².